The summed E-state index contributed by atoms with van der Waals surface area (Å²) in [6.45, 7) is 3.49. The Labute approximate surface area is 91.7 Å². The van der Waals surface area contributed by atoms with E-state index in [4.69, 9.17) is 10.8 Å². The molecule has 0 unspecified atom stereocenters. The van der Waals surface area contributed by atoms with Crippen LogP contribution >= 0.6 is 0 Å². The van der Waals surface area contributed by atoms with Gasteiger partial charge in [0.15, 0.2) is 0 Å². The predicted octanol–water partition coefficient (Wildman–Crippen LogP) is 1.91. The Hall–Kier alpha value is -0.0761. The molecule has 0 aromatic heterocycles. The molecule has 1 radical (unpaired) electrons. The molecule has 55 valence electrons. The van der Waals surface area contributed by atoms with Gasteiger partial charge in [-0.25, -0.2) is 0 Å². The van der Waals surface area contributed by atoms with Gasteiger partial charge in [0.2, 0.25) is 0 Å². The van der Waals surface area contributed by atoms with Gasteiger partial charge in [-0.2, -0.15) is 11.4 Å². The first-order valence-corrected chi connectivity index (χ1v) is 3.11. The van der Waals surface area contributed by atoms with Crippen LogP contribution < -0.4 is 0 Å². The second kappa shape index (κ2) is 4.08. The first-order chi connectivity index (χ1) is 4.63. The fourth-order valence-corrected chi connectivity index (χ4v) is 0.781. The molecular formula is C8H8N2Y-2. The van der Waals surface area contributed by atoms with E-state index in [1.807, 2.05) is 0 Å². The van der Waals surface area contributed by atoms with Crippen molar-refractivity contribution in [2.45, 2.75) is 13.8 Å². The normalized spacial score (nSPS) is 16.9. The van der Waals surface area contributed by atoms with Crippen LogP contribution in [0.5, 0.6) is 0 Å². The van der Waals surface area contributed by atoms with Crippen LogP contribution in [0.3, 0.4) is 0 Å². The molecule has 0 heterocycles. The molecular weight excluding hydrogens is 213 g/mol. The van der Waals surface area contributed by atoms with Crippen LogP contribution in [0.25, 0.3) is 10.8 Å². The van der Waals surface area contributed by atoms with Gasteiger partial charge < -0.3 is 10.8 Å². The van der Waals surface area contributed by atoms with Crippen LogP contribution in [0.15, 0.2) is 23.3 Å². The largest absolute Gasteiger partial charge is 0.805 e. The number of allylic oxidation sites excluding steroid dienone is 4. The van der Waals surface area contributed by atoms with Crippen molar-refractivity contribution in [2.75, 3.05) is 0 Å². The SMILES string of the molecule is CC1=CC=C(C)C(=[N-])C1=[N-].[Y]. The molecule has 0 aromatic carbocycles. The topological polar surface area (TPSA) is 44.6 Å². The Bertz CT molecular complexity index is 225. The third kappa shape index (κ3) is 2.18. The maximum absolute atomic E-state index is 9.14. The van der Waals surface area contributed by atoms with E-state index in [9.17, 15) is 0 Å². The Morgan fingerprint density at radius 2 is 1.18 bits per heavy atom. The third-order valence-corrected chi connectivity index (χ3v) is 1.55. The van der Waals surface area contributed by atoms with Gasteiger partial charge >= 0.3 is 0 Å². The molecule has 0 amide bonds. The van der Waals surface area contributed by atoms with E-state index in [1.54, 1.807) is 26.0 Å². The van der Waals surface area contributed by atoms with Gasteiger partial charge in [0.05, 0.1) is 0 Å². The van der Waals surface area contributed by atoms with Gasteiger partial charge in [0.25, 0.3) is 0 Å². The smallest absolute Gasteiger partial charge is 0 e. The van der Waals surface area contributed by atoms with Crippen LogP contribution in [0.2, 0.25) is 0 Å². The molecule has 0 spiro atoms. The zero-order valence-electron chi connectivity index (χ0n) is 6.63. The predicted molar refractivity (Wildman–Crippen MR) is 44.2 cm³/mol. The average Bonchev–Trinajstić information content (AvgIpc) is 1.93. The van der Waals surface area contributed by atoms with Gasteiger partial charge in [-0.05, 0) is 13.8 Å². The minimum Gasteiger partial charge on any atom is -0.805 e. The first-order valence-electron chi connectivity index (χ1n) is 3.11. The number of rotatable bonds is 0. The maximum Gasteiger partial charge on any atom is 0 e. The zero-order valence-corrected chi connectivity index (χ0v) is 9.46. The molecule has 0 saturated carbocycles. The minimum absolute atomic E-state index is 0. The number of hydrogen-bond acceptors (Lipinski definition) is 0. The summed E-state index contributed by atoms with van der Waals surface area (Å²) in [6.07, 6.45) is 3.54. The van der Waals surface area contributed by atoms with E-state index in [0.717, 1.165) is 0 Å². The molecule has 0 fully saturated rings. The summed E-state index contributed by atoms with van der Waals surface area (Å²) in [6, 6.07) is 0. The van der Waals surface area contributed by atoms with E-state index in [1.165, 1.54) is 0 Å². The van der Waals surface area contributed by atoms with Crippen molar-refractivity contribution in [3.05, 3.63) is 34.1 Å². The van der Waals surface area contributed by atoms with Crippen LogP contribution in [-0.4, -0.2) is 11.4 Å². The molecule has 0 atom stereocenters. The van der Waals surface area contributed by atoms with Crippen molar-refractivity contribution in [3.8, 4) is 0 Å². The summed E-state index contributed by atoms with van der Waals surface area (Å²) in [5.74, 6) is 0. The molecule has 1 aliphatic rings. The molecule has 2 nitrogen and oxygen atoms in total. The Morgan fingerprint density at radius 1 is 0.909 bits per heavy atom. The summed E-state index contributed by atoms with van der Waals surface area (Å²) in [4.78, 5) is 0. The summed E-state index contributed by atoms with van der Waals surface area (Å²) in [5, 5.41) is 18.3. The minimum atomic E-state index is -0.0139. The second-order valence-electron chi connectivity index (χ2n) is 2.40. The van der Waals surface area contributed by atoms with Gasteiger partial charge in [-0.1, -0.05) is 23.3 Å². The third-order valence-electron chi connectivity index (χ3n) is 1.55. The van der Waals surface area contributed by atoms with Crippen LogP contribution in [0.4, 0.5) is 0 Å². The molecule has 0 aromatic rings. The summed E-state index contributed by atoms with van der Waals surface area (Å²) in [7, 11) is 0. The fourth-order valence-electron chi connectivity index (χ4n) is 0.781. The van der Waals surface area contributed by atoms with Crippen molar-refractivity contribution in [1.29, 1.82) is 0 Å². The first kappa shape index (κ1) is 10.9. The van der Waals surface area contributed by atoms with E-state index in [0.29, 0.717) is 11.1 Å². The van der Waals surface area contributed by atoms with Gasteiger partial charge in [0, 0.05) is 32.7 Å². The molecule has 0 bridgehead atoms. The van der Waals surface area contributed by atoms with Crippen molar-refractivity contribution in [2.24, 2.45) is 0 Å². The standard InChI is InChI=1S/C8H8N2.Y/c1-5-3-4-6(2)8(10)7(5)9;/h3-4H,1-2H3;/q-2;. The van der Waals surface area contributed by atoms with E-state index in [2.05, 4.69) is 0 Å². The number of nitrogens with zero attached hydrogens (tertiary/aromatic N) is 2. The van der Waals surface area contributed by atoms with E-state index >= 15 is 0 Å². The zero-order chi connectivity index (χ0) is 7.72. The molecule has 1 aliphatic carbocycles. The van der Waals surface area contributed by atoms with E-state index in [-0.39, 0.29) is 44.1 Å². The monoisotopic (exact) mass is 221 g/mol. The maximum atomic E-state index is 9.14. The van der Waals surface area contributed by atoms with Crippen LogP contribution in [0, 0.1) is 0 Å². The van der Waals surface area contributed by atoms with Crippen molar-refractivity contribution in [3.63, 3.8) is 0 Å². The number of hydrogen-bond donors (Lipinski definition) is 0. The fraction of sp³-hybridized carbons (Fsp3) is 0.250. The Morgan fingerprint density at radius 3 is 1.45 bits per heavy atom. The Kier molecular flexibility index (Phi) is 4.05. The Balaban J connectivity index is 0.000001000. The molecule has 1 rings (SSSR count). The van der Waals surface area contributed by atoms with Crippen molar-refractivity contribution >= 4 is 11.4 Å². The average molecular weight is 221 g/mol. The summed E-state index contributed by atoms with van der Waals surface area (Å²) in [5.41, 5.74) is 1.37. The molecule has 0 aliphatic heterocycles. The van der Waals surface area contributed by atoms with E-state index < -0.39 is 0 Å². The van der Waals surface area contributed by atoms with Crippen LogP contribution in [-0.2, 0) is 32.7 Å². The van der Waals surface area contributed by atoms with Gasteiger partial charge in [0.1, 0.15) is 0 Å². The van der Waals surface area contributed by atoms with Crippen molar-refractivity contribution < 1.29 is 32.7 Å². The molecule has 0 N–H and O–H groups in total. The van der Waals surface area contributed by atoms with Gasteiger partial charge in [-0.15, -0.1) is 0 Å². The molecule has 0 saturated heterocycles. The summed E-state index contributed by atoms with van der Waals surface area (Å²) < 4.78 is 0. The van der Waals surface area contributed by atoms with Crippen molar-refractivity contribution in [1.82, 2.24) is 0 Å². The molecule has 3 heteroatoms. The molecule has 11 heavy (non-hydrogen) atoms. The quantitative estimate of drug-likeness (QED) is 0.561. The summed E-state index contributed by atoms with van der Waals surface area (Å²) >= 11 is 0. The van der Waals surface area contributed by atoms with Gasteiger partial charge in [-0.3, -0.25) is 0 Å². The second-order valence-corrected chi connectivity index (χ2v) is 2.40. The van der Waals surface area contributed by atoms with Crippen LogP contribution in [0.1, 0.15) is 13.8 Å².